The highest BCUT2D eigenvalue weighted by atomic mass is 19.1. The topological polar surface area (TPSA) is 70.2 Å². The second-order valence-electron chi connectivity index (χ2n) is 7.36. The predicted molar refractivity (Wildman–Crippen MR) is 120 cm³/mol. The standard InChI is InChI=1S/C25H16FN5/c26-16-9-7-15(8-10-16)17-4-3-6-20-18(17)12-23(29-20)25-19-13-22(21-5-1-2-11-27-21)28-14-24(19)30-31-25/h1-14,29H,(H,30,31). The van der Waals surface area contributed by atoms with Crippen molar-refractivity contribution in [1.29, 1.82) is 0 Å². The fourth-order valence-corrected chi connectivity index (χ4v) is 3.94. The van der Waals surface area contributed by atoms with Crippen molar-refractivity contribution in [1.82, 2.24) is 25.1 Å². The summed E-state index contributed by atoms with van der Waals surface area (Å²) >= 11 is 0. The molecule has 6 aromatic rings. The third-order valence-electron chi connectivity index (χ3n) is 5.45. The van der Waals surface area contributed by atoms with Crippen LogP contribution in [0.2, 0.25) is 0 Å². The van der Waals surface area contributed by atoms with Crippen LogP contribution in [-0.4, -0.2) is 25.1 Å². The highest BCUT2D eigenvalue weighted by molar-refractivity contribution is 6.01. The van der Waals surface area contributed by atoms with Gasteiger partial charge in [0.25, 0.3) is 0 Å². The molecule has 0 aliphatic carbocycles. The second-order valence-corrected chi connectivity index (χ2v) is 7.36. The van der Waals surface area contributed by atoms with Crippen molar-refractivity contribution in [2.45, 2.75) is 0 Å². The third kappa shape index (κ3) is 2.97. The zero-order chi connectivity index (χ0) is 20.8. The molecule has 0 saturated carbocycles. The second kappa shape index (κ2) is 6.88. The van der Waals surface area contributed by atoms with E-state index in [-0.39, 0.29) is 5.82 Å². The van der Waals surface area contributed by atoms with E-state index in [9.17, 15) is 4.39 Å². The average molecular weight is 405 g/mol. The number of nitrogens with zero attached hydrogens (tertiary/aromatic N) is 3. The van der Waals surface area contributed by atoms with Crippen LogP contribution in [0.15, 0.2) is 85.2 Å². The van der Waals surface area contributed by atoms with Crippen LogP contribution in [-0.2, 0) is 0 Å². The van der Waals surface area contributed by atoms with Gasteiger partial charge in [0.05, 0.1) is 28.8 Å². The van der Waals surface area contributed by atoms with Crippen LogP contribution in [0.25, 0.3) is 55.7 Å². The number of aromatic amines is 2. The number of rotatable bonds is 3. The Morgan fingerprint density at radius 3 is 2.48 bits per heavy atom. The molecule has 0 atom stereocenters. The minimum Gasteiger partial charge on any atom is -0.353 e. The van der Waals surface area contributed by atoms with Gasteiger partial charge in [-0.1, -0.05) is 30.3 Å². The summed E-state index contributed by atoms with van der Waals surface area (Å²) in [6.07, 6.45) is 3.54. The van der Waals surface area contributed by atoms with Gasteiger partial charge in [0.2, 0.25) is 0 Å². The van der Waals surface area contributed by atoms with Gasteiger partial charge >= 0.3 is 0 Å². The van der Waals surface area contributed by atoms with Crippen LogP contribution in [0, 0.1) is 5.82 Å². The van der Waals surface area contributed by atoms with Gasteiger partial charge in [0, 0.05) is 22.5 Å². The minimum absolute atomic E-state index is 0.244. The summed E-state index contributed by atoms with van der Waals surface area (Å²) in [6.45, 7) is 0. The van der Waals surface area contributed by atoms with Crippen LogP contribution >= 0.6 is 0 Å². The van der Waals surface area contributed by atoms with Crippen molar-refractivity contribution >= 4 is 21.8 Å². The van der Waals surface area contributed by atoms with Crippen molar-refractivity contribution in [3.05, 3.63) is 91.0 Å². The third-order valence-corrected chi connectivity index (χ3v) is 5.45. The largest absolute Gasteiger partial charge is 0.353 e. The van der Waals surface area contributed by atoms with Gasteiger partial charge in [-0.25, -0.2) is 4.39 Å². The van der Waals surface area contributed by atoms with Gasteiger partial charge in [0.1, 0.15) is 11.5 Å². The molecule has 148 valence electrons. The van der Waals surface area contributed by atoms with Crippen molar-refractivity contribution in [3.63, 3.8) is 0 Å². The van der Waals surface area contributed by atoms with Crippen LogP contribution in [0.1, 0.15) is 0 Å². The van der Waals surface area contributed by atoms with E-state index >= 15 is 0 Å². The molecule has 0 aliphatic rings. The first-order valence-electron chi connectivity index (χ1n) is 9.90. The first-order chi connectivity index (χ1) is 15.3. The number of nitrogens with one attached hydrogen (secondary N) is 2. The Balaban J connectivity index is 1.51. The molecule has 0 amide bonds. The zero-order valence-electron chi connectivity index (χ0n) is 16.3. The van der Waals surface area contributed by atoms with E-state index in [4.69, 9.17) is 0 Å². The first kappa shape index (κ1) is 17.5. The monoisotopic (exact) mass is 405 g/mol. The summed E-state index contributed by atoms with van der Waals surface area (Å²) in [5, 5.41) is 9.63. The molecule has 5 nitrogen and oxygen atoms in total. The maximum absolute atomic E-state index is 13.4. The van der Waals surface area contributed by atoms with Gasteiger partial charge in [-0.05, 0) is 53.6 Å². The zero-order valence-corrected chi connectivity index (χ0v) is 16.3. The fourth-order valence-electron chi connectivity index (χ4n) is 3.94. The Hall–Kier alpha value is -4.32. The summed E-state index contributed by atoms with van der Waals surface area (Å²) < 4.78 is 13.4. The van der Waals surface area contributed by atoms with E-state index in [1.165, 1.54) is 12.1 Å². The molecule has 2 N–H and O–H groups in total. The molecule has 31 heavy (non-hydrogen) atoms. The lowest BCUT2D eigenvalue weighted by molar-refractivity contribution is 0.628. The number of H-pyrrole nitrogens is 2. The number of fused-ring (bicyclic) bond motifs is 2. The summed E-state index contributed by atoms with van der Waals surface area (Å²) in [5.74, 6) is -0.244. The molecule has 0 aliphatic heterocycles. The molecule has 0 saturated heterocycles. The summed E-state index contributed by atoms with van der Waals surface area (Å²) in [6, 6.07) is 22.5. The van der Waals surface area contributed by atoms with Crippen LogP contribution in [0.4, 0.5) is 4.39 Å². The van der Waals surface area contributed by atoms with Crippen molar-refractivity contribution in [2.24, 2.45) is 0 Å². The van der Waals surface area contributed by atoms with Gasteiger partial charge in [-0.2, -0.15) is 5.10 Å². The number of pyridine rings is 2. The highest BCUT2D eigenvalue weighted by Gasteiger charge is 2.15. The van der Waals surface area contributed by atoms with Gasteiger partial charge < -0.3 is 4.98 Å². The maximum Gasteiger partial charge on any atom is 0.123 e. The van der Waals surface area contributed by atoms with E-state index in [0.29, 0.717) is 0 Å². The maximum atomic E-state index is 13.4. The number of hydrogen-bond acceptors (Lipinski definition) is 3. The Kier molecular flexibility index (Phi) is 3.89. The molecule has 0 unspecified atom stereocenters. The smallest absolute Gasteiger partial charge is 0.123 e. The molecular formula is C25H16FN5. The van der Waals surface area contributed by atoms with Gasteiger partial charge in [-0.3, -0.25) is 15.1 Å². The Bertz CT molecular complexity index is 1530. The summed E-state index contributed by atoms with van der Waals surface area (Å²) in [4.78, 5) is 12.4. The van der Waals surface area contributed by atoms with Crippen LogP contribution < -0.4 is 0 Å². The van der Waals surface area contributed by atoms with E-state index in [2.05, 4.69) is 31.2 Å². The normalized spacial score (nSPS) is 11.4. The number of halogens is 1. The quantitative estimate of drug-likeness (QED) is 0.381. The Labute approximate surface area is 176 Å². The molecular weight excluding hydrogens is 389 g/mol. The summed E-state index contributed by atoms with van der Waals surface area (Å²) in [7, 11) is 0. The van der Waals surface area contributed by atoms with E-state index in [1.54, 1.807) is 24.5 Å². The lowest BCUT2D eigenvalue weighted by Gasteiger charge is -2.03. The Morgan fingerprint density at radius 1 is 0.742 bits per heavy atom. The molecule has 0 bridgehead atoms. The van der Waals surface area contributed by atoms with Crippen molar-refractivity contribution < 1.29 is 4.39 Å². The fraction of sp³-hybridized carbons (Fsp3) is 0. The number of hydrogen-bond donors (Lipinski definition) is 2. The van der Waals surface area contributed by atoms with E-state index in [0.717, 1.165) is 55.7 Å². The highest BCUT2D eigenvalue weighted by Crippen LogP contribution is 2.34. The molecule has 6 rings (SSSR count). The summed E-state index contributed by atoms with van der Waals surface area (Å²) in [5.41, 5.74) is 7.16. The molecule has 0 fully saturated rings. The van der Waals surface area contributed by atoms with Gasteiger partial charge in [-0.15, -0.1) is 0 Å². The van der Waals surface area contributed by atoms with E-state index < -0.39 is 0 Å². The van der Waals surface area contributed by atoms with Crippen LogP contribution in [0.5, 0.6) is 0 Å². The van der Waals surface area contributed by atoms with Gasteiger partial charge in [0.15, 0.2) is 0 Å². The predicted octanol–water partition coefficient (Wildman–Crippen LogP) is 5.97. The lowest BCUT2D eigenvalue weighted by Crippen LogP contribution is -1.86. The SMILES string of the molecule is Fc1ccc(-c2cccc3[nH]c(-c4n[nH]c5cnc(-c6ccccn6)cc45)cc23)cc1. The van der Waals surface area contributed by atoms with Crippen molar-refractivity contribution in [2.75, 3.05) is 0 Å². The number of aromatic nitrogens is 5. The average Bonchev–Trinajstić information content (AvgIpc) is 3.43. The molecule has 0 radical (unpaired) electrons. The Morgan fingerprint density at radius 2 is 1.65 bits per heavy atom. The molecule has 0 spiro atoms. The van der Waals surface area contributed by atoms with Crippen LogP contribution in [0.3, 0.4) is 0 Å². The first-order valence-corrected chi connectivity index (χ1v) is 9.90. The van der Waals surface area contributed by atoms with E-state index in [1.807, 2.05) is 42.5 Å². The molecule has 4 aromatic heterocycles. The van der Waals surface area contributed by atoms with Crippen molar-refractivity contribution in [3.8, 4) is 33.9 Å². The number of benzene rings is 2. The lowest BCUT2D eigenvalue weighted by atomic mass is 10.0. The molecule has 4 heterocycles. The minimum atomic E-state index is -0.244. The molecule has 6 heteroatoms. The molecule has 2 aromatic carbocycles.